The molecule has 0 saturated heterocycles. The van der Waals surface area contributed by atoms with Gasteiger partial charge < -0.3 is 10.1 Å². The van der Waals surface area contributed by atoms with Crippen molar-refractivity contribution in [2.45, 2.75) is 58.4 Å². The van der Waals surface area contributed by atoms with Gasteiger partial charge in [-0.1, -0.05) is 27.7 Å². The van der Waals surface area contributed by atoms with E-state index in [1.54, 1.807) is 0 Å². The number of carbonyl (C=O) groups is 1. The second-order valence-corrected chi connectivity index (χ2v) is 8.24. The topological polar surface area (TPSA) is 38.3 Å². The first kappa shape index (κ1) is 15.4. The highest BCUT2D eigenvalue weighted by atomic mass is 16.5. The normalized spacial score (nSPS) is 28.0. The minimum absolute atomic E-state index is 0.0752. The van der Waals surface area contributed by atoms with Gasteiger partial charge in [-0.2, -0.15) is 0 Å². The van der Waals surface area contributed by atoms with E-state index in [-0.39, 0.29) is 11.4 Å². The lowest BCUT2D eigenvalue weighted by molar-refractivity contribution is 0.0600. The number of hydrogen-bond acceptors (Lipinski definition) is 3. The summed E-state index contributed by atoms with van der Waals surface area (Å²) in [7, 11) is 1.43. The molecule has 1 aliphatic carbocycles. The first-order valence-corrected chi connectivity index (χ1v) is 8.24. The zero-order valence-electron chi connectivity index (χ0n) is 14.3. The third-order valence-electron chi connectivity index (χ3n) is 5.79. The Kier molecular flexibility index (Phi) is 3.50. The van der Waals surface area contributed by atoms with E-state index >= 15 is 0 Å². The maximum Gasteiger partial charge on any atom is 0.337 e. The molecule has 120 valence electrons. The van der Waals surface area contributed by atoms with Gasteiger partial charge in [-0.25, -0.2) is 4.79 Å². The molecule has 0 unspecified atom stereocenters. The minimum atomic E-state index is -0.259. The molecule has 2 atom stereocenters. The van der Waals surface area contributed by atoms with Crippen molar-refractivity contribution in [3.8, 4) is 0 Å². The number of esters is 1. The van der Waals surface area contributed by atoms with Crippen LogP contribution < -0.4 is 5.32 Å². The number of ether oxygens (including phenoxy) is 1. The number of benzene rings is 1. The van der Waals surface area contributed by atoms with Crippen molar-refractivity contribution in [2.24, 2.45) is 11.3 Å². The minimum Gasteiger partial charge on any atom is -0.465 e. The summed E-state index contributed by atoms with van der Waals surface area (Å²) in [6.45, 7) is 9.38. The lowest BCUT2D eigenvalue weighted by Gasteiger charge is -2.52. The van der Waals surface area contributed by atoms with E-state index in [0.29, 0.717) is 22.9 Å². The lowest BCUT2D eigenvalue weighted by atomic mass is 9.58. The van der Waals surface area contributed by atoms with Crippen LogP contribution in [0.15, 0.2) is 18.2 Å². The second-order valence-electron chi connectivity index (χ2n) is 8.24. The first-order valence-electron chi connectivity index (χ1n) is 8.24. The third-order valence-corrected chi connectivity index (χ3v) is 5.79. The summed E-state index contributed by atoms with van der Waals surface area (Å²) in [5.41, 5.74) is 3.55. The van der Waals surface area contributed by atoms with Crippen molar-refractivity contribution in [2.75, 3.05) is 12.4 Å². The van der Waals surface area contributed by atoms with E-state index in [1.807, 2.05) is 18.2 Å². The van der Waals surface area contributed by atoms with Gasteiger partial charge in [0.1, 0.15) is 0 Å². The first-order chi connectivity index (χ1) is 10.2. The molecule has 1 N–H and O–H groups in total. The summed E-state index contributed by atoms with van der Waals surface area (Å²) < 4.78 is 4.87. The van der Waals surface area contributed by atoms with Crippen molar-refractivity contribution in [3.05, 3.63) is 29.3 Å². The summed E-state index contributed by atoms with van der Waals surface area (Å²) >= 11 is 0. The highest BCUT2D eigenvalue weighted by Crippen LogP contribution is 2.51. The monoisotopic (exact) mass is 301 g/mol. The molecule has 0 spiro atoms. The smallest absolute Gasteiger partial charge is 0.337 e. The maximum absolute atomic E-state index is 11.8. The third kappa shape index (κ3) is 2.41. The summed E-state index contributed by atoms with van der Waals surface area (Å²) in [5.74, 6) is 0.353. The van der Waals surface area contributed by atoms with Crippen LogP contribution in [0.4, 0.5) is 5.69 Å². The summed E-state index contributed by atoms with van der Waals surface area (Å²) in [4.78, 5) is 11.8. The highest BCUT2D eigenvalue weighted by Gasteiger charge is 2.46. The molecule has 1 aromatic carbocycles. The van der Waals surface area contributed by atoms with Crippen molar-refractivity contribution in [1.29, 1.82) is 0 Å². The molecule has 0 radical (unpaired) electrons. The van der Waals surface area contributed by atoms with Gasteiger partial charge in [-0.3, -0.25) is 0 Å². The van der Waals surface area contributed by atoms with E-state index < -0.39 is 0 Å². The quantitative estimate of drug-likeness (QED) is 0.783. The van der Waals surface area contributed by atoms with Crippen LogP contribution >= 0.6 is 0 Å². The number of hydrogen-bond donors (Lipinski definition) is 1. The fourth-order valence-electron chi connectivity index (χ4n) is 4.45. The molecule has 3 nitrogen and oxygen atoms in total. The highest BCUT2D eigenvalue weighted by molar-refractivity contribution is 5.90. The fraction of sp³-hybridized carbons (Fsp3) is 0.632. The molecule has 2 aliphatic rings. The molecule has 1 saturated carbocycles. The van der Waals surface area contributed by atoms with Crippen LogP contribution in [0.3, 0.4) is 0 Å². The molecule has 0 bridgehead atoms. The number of fused-ring (bicyclic) bond motifs is 2. The zero-order chi connectivity index (χ0) is 16.1. The number of nitrogens with one attached hydrogen (secondary N) is 1. The predicted octanol–water partition coefficient (Wildman–Crippen LogP) is 4.37. The average Bonchev–Trinajstić information content (AvgIpc) is 2.44. The molecule has 1 aliphatic heterocycles. The Bertz CT molecular complexity index is 603. The standard InChI is InChI=1S/C19H27NO2/c1-18(2)9-8-13-16(11-18)20-15-7-6-12(17(21)22-5)10-14(15)19(13,3)4/h6-7,10,13,16,20H,8-9,11H2,1-5H3/t13-,16-/m1/s1. The van der Waals surface area contributed by atoms with Crippen LogP contribution in [-0.4, -0.2) is 19.1 Å². The van der Waals surface area contributed by atoms with Gasteiger partial charge in [0.05, 0.1) is 12.7 Å². The van der Waals surface area contributed by atoms with Crippen LogP contribution in [0, 0.1) is 11.3 Å². The van der Waals surface area contributed by atoms with Crippen molar-refractivity contribution < 1.29 is 9.53 Å². The Balaban J connectivity index is 2.01. The molecule has 0 amide bonds. The fourth-order valence-corrected chi connectivity index (χ4v) is 4.45. The van der Waals surface area contributed by atoms with Crippen LogP contribution in [0.2, 0.25) is 0 Å². The molecule has 1 heterocycles. The van der Waals surface area contributed by atoms with Crippen LogP contribution in [0.25, 0.3) is 0 Å². The van der Waals surface area contributed by atoms with Crippen molar-refractivity contribution in [3.63, 3.8) is 0 Å². The van der Waals surface area contributed by atoms with E-state index in [0.717, 1.165) is 0 Å². The average molecular weight is 301 g/mol. The Morgan fingerprint density at radius 2 is 2.00 bits per heavy atom. The molecular formula is C19H27NO2. The van der Waals surface area contributed by atoms with Gasteiger partial charge in [-0.05, 0) is 59.8 Å². The van der Waals surface area contributed by atoms with E-state index in [2.05, 4.69) is 33.0 Å². The van der Waals surface area contributed by atoms with Crippen molar-refractivity contribution >= 4 is 11.7 Å². The predicted molar refractivity (Wildman–Crippen MR) is 89.3 cm³/mol. The van der Waals surface area contributed by atoms with Crippen molar-refractivity contribution in [1.82, 2.24) is 0 Å². The second kappa shape index (κ2) is 5.00. The van der Waals surface area contributed by atoms with E-state index in [9.17, 15) is 4.79 Å². The largest absolute Gasteiger partial charge is 0.465 e. The van der Waals surface area contributed by atoms with Gasteiger partial charge in [0, 0.05) is 11.7 Å². The number of rotatable bonds is 1. The van der Waals surface area contributed by atoms with Crippen LogP contribution in [-0.2, 0) is 10.2 Å². The Morgan fingerprint density at radius 3 is 2.68 bits per heavy atom. The Morgan fingerprint density at radius 1 is 1.27 bits per heavy atom. The summed E-state index contributed by atoms with van der Waals surface area (Å²) in [6.07, 6.45) is 3.71. The SMILES string of the molecule is COC(=O)c1ccc2c(c1)C(C)(C)[C@@H]1CCC(C)(C)C[C@H]1N2. The lowest BCUT2D eigenvalue weighted by Crippen LogP contribution is -2.50. The molecule has 1 aromatic rings. The number of anilines is 1. The molecule has 3 heteroatoms. The molecular weight excluding hydrogens is 274 g/mol. The molecule has 22 heavy (non-hydrogen) atoms. The molecule has 0 aromatic heterocycles. The zero-order valence-corrected chi connectivity index (χ0v) is 14.3. The van der Waals surface area contributed by atoms with E-state index in [4.69, 9.17) is 4.74 Å². The summed E-state index contributed by atoms with van der Waals surface area (Å²) in [6, 6.07) is 6.45. The van der Waals surface area contributed by atoms with Crippen LogP contribution in [0.1, 0.15) is 62.9 Å². The van der Waals surface area contributed by atoms with Gasteiger partial charge in [0.2, 0.25) is 0 Å². The maximum atomic E-state index is 11.8. The van der Waals surface area contributed by atoms with Gasteiger partial charge >= 0.3 is 5.97 Å². The number of carbonyl (C=O) groups excluding carboxylic acids is 1. The Hall–Kier alpha value is -1.51. The number of methoxy groups -OCH3 is 1. The van der Waals surface area contributed by atoms with Gasteiger partial charge in [0.25, 0.3) is 0 Å². The van der Waals surface area contributed by atoms with E-state index in [1.165, 1.54) is 37.6 Å². The van der Waals surface area contributed by atoms with Crippen LogP contribution in [0.5, 0.6) is 0 Å². The van der Waals surface area contributed by atoms with Gasteiger partial charge in [0.15, 0.2) is 0 Å². The molecule has 1 fully saturated rings. The van der Waals surface area contributed by atoms with Gasteiger partial charge in [-0.15, -0.1) is 0 Å². The molecule has 3 rings (SSSR count). The summed E-state index contributed by atoms with van der Waals surface area (Å²) in [5, 5.41) is 3.74. The Labute approximate surface area is 133 Å².